The highest BCUT2D eigenvalue weighted by molar-refractivity contribution is 9.10. The summed E-state index contributed by atoms with van der Waals surface area (Å²) in [6.45, 7) is 0.570. The molecule has 1 atom stereocenters. The first kappa shape index (κ1) is 12.6. The van der Waals surface area contributed by atoms with E-state index < -0.39 is 0 Å². The Morgan fingerprint density at radius 1 is 1.53 bits per heavy atom. The van der Waals surface area contributed by atoms with Crippen LogP contribution in [-0.2, 0) is 11.2 Å². The van der Waals surface area contributed by atoms with Crippen molar-refractivity contribution < 1.29 is 4.79 Å². The topological polar surface area (TPSA) is 55.1 Å². The van der Waals surface area contributed by atoms with E-state index in [4.69, 9.17) is 5.73 Å². The number of carbonyl (C=O) groups excluding carboxylic acids is 1. The van der Waals surface area contributed by atoms with E-state index in [1.807, 2.05) is 6.07 Å². The maximum Gasteiger partial charge on any atom is 0.220 e. The zero-order chi connectivity index (χ0) is 12.3. The standard InChI is InChI=1S/C13H17BrN2O/c14-11-4-1-3-10-9(11)6-7-12(10)16-13(17)5-2-8-15/h1,3-4,12H,2,5-8,15H2,(H,16,17). The third-order valence-electron chi connectivity index (χ3n) is 3.16. The predicted molar refractivity (Wildman–Crippen MR) is 71.6 cm³/mol. The minimum absolute atomic E-state index is 0.105. The van der Waals surface area contributed by atoms with Gasteiger partial charge in [-0.3, -0.25) is 4.79 Å². The third-order valence-corrected chi connectivity index (χ3v) is 3.90. The van der Waals surface area contributed by atoms with Gasteiger partial charge in [0.05, 0.1) is 6.04 Å². The molecule has 0 aromatic heterocycles. The highest BCUT2D eigenvalue weighted by Crippen LogP contribution is 2.35. The summed E-state index contributed by atoms with van der Waals surface area (Å²) >= 11 is 3.55. The van der Waals surface area contributed by atoms with Crippen molar-refractivity contribution in [3.05, 3.63) is 33.8 Å². The fourth-order valence-corrected chi connectivity index (χ4v) is 2.87. The van der Waals surface area contributed by atoms with Crippen LogP contribution in [0.1, 0.15) is 36.4 Å². The number of fused-ring (bicyclic) bond motifs is 1. The number of amides is 1. The van der Waals surface area contributed by atoms with E-state index in [9.17, 15) is 4.79 Å². The van der Waals surface area contributed by atoms with Crippen molar-refractivity contribution in [2.45, 2.75) is 31.7 Å². The van der Waals surface area contributed by atoms with E-state index in [-0.39, 0.29) is 11.9 Å². The lowest BCUT2D eigenvalue weighted by atomic mass is 10.1. The van der Waals surface area contributed by atoms with Crippen LogP contribution in [0.2, 0.25) is 0 Å². The summed E-state index contributed by atoms with van der Waals surface area (Å²) < 4.78 is 1.15. The molecule has 0 aliphatic heterocycles. The molecule has 3 N–H and O–H groups in total. The fraction of sp³-hybridized carbons (Fsp3) is 0.462. The van der Waals surface area contributed by atoms with Crippen molar-refractivity contribution >= 4 is 21.8 Å². The lowest BCUT2D eigenvalue weighted by Crippen LogP contribution is -2.27. The molecule has 0 fully saturated rings. The van der Waals surface area contributed by atoms with Crippen LogP contribution < -0.4 is 11.1 Å². The number of rotatable bonds is 4. The molecular formula is C13H17BrN2O. The van der Waals surface area contributed by atoms with E-state index in [0.29, 0.717) is 13.0 Å². The van der Waals surface area contributed by atoms with Gasteiger partial charge < -0.3 is 11.1 Å². The molecule has 4 heteroatoms. The number of hydrogen-bond donors (Lipinski definition) is 2. The van der Waals surface area contributed by atoms with Gasteiger partial charge in [0.25, 0.3) is 0 Å². The summed E-state index contributed by atoms with van der Waals surface area (Å²) in [7, 11) is 0. The van der Waals surface area contributed by atoms with Crippen molar-refractivity contribution in [2.75, 3.05) is 6.54 Å². The molecule has 1 amide bonds. The molecule has 0 bridgehead atoms. The molecule has 1 unspecified atom stereocenters. The van der Waals surface area contributed by atoms with Crippen molar-refractivity contribution in [2.24, 2.45) is 5.73 Å². The van der Waals surface area contributed by atoms with Crippen molar-refractivity contribution in [3.8, 4) is 0 Å². The Kier molecular flexibility index (Phi) is 4.18. The highest BCUT2D eigenvalue weighted by atomic mass is 79.9. The smallest absolute Gasteiger partial charge is 0.220 e. The molecular weight excluding hydrogens is 280 g/mol. The molecule has 2 rings (SSSR count). The van der Waals surface area contributed by atoms with Crippen LogP contribution in [0.3, 0.4) is 0 Å². The second-order valence-electron chi connectivity index (χ2n) is 4.36. The number of halogens is 1. The molecule has 1 aliphatic carbocycles. The van der Waals surface area contributed by atoms with Crippen LogP contribution in [0.15, 0.2) is 22.7 Å². The van der Waals surface area contributed by atoms with Crippen molar-refractivity contribution in [1.82, 2.24) is 5.32 Å². The molecule has 0 radical (unpaired) electrons. The summed E-state index contributed by atoms with van der Waals surface area (Å²) in [5.41, 5.74) is 7.98. The average molecular weight is 297 g/mol. The van der Waals surface area contributed by atoms with Gasteiger partial charge in [0.15, 0.2) is 0 Å². The van der Waals surface area contributed by atoms with Crippen LogP contribution in [-0.4, -0.2) is 12.5 Å². The summed E-state index contributed by atoms with van der Waals surface area (Å²) in [4.78, 5) is 11.7. The van der Waals surface area contributed by atoms with Crippen LogP contribution in [0.4, 0.5) is 0 Å². The number of nitrogens with two attached hydrogens (primary N) is 1. The zero-order valence-corrected chi connectivity index (χ0v) is 11.3. The van der Waals surface area contributed by atoms with Crippen molar-refractivity contribution in [1.29, 1.82) is 0 Å². The molecule has 0 heterocycles. The van der Waals surface area contributed by atoms with Gasteiger partial charge in [-0.05, 0) is 43.0 Å². The van der Waals surface area contributed by atoms with E-state index in [1.54, 1.807) is 0 Å². The maximum atomic E-state index is 11.7. The van der Waals surface area contributed by atoms with E-state index in [0.717, 1.165) is 23.7 Å². The summed E-state index contributed by atoms with van der Waals surface area (Å²) in [6.07, 6.45) is 3.30. The molecule has 1 aliphatic rings. The number of hydrogen-bond acceptors (Lipinski definition) is 2. The number of carbonyl (C=O) groups is 1. The van der Waals surface area contributed by atoms with Gasteiger partial charge >= 0.3 is 0 Å². The largest absolute Gasteiger partial charge is 0.349 e. The first-order chi connectivity index (χ1) is 8.22. The average Bonchev–Trinajstić information content (AvgIpc) is 2.71. The van der Waals surface area contributed by atoms with Gasteiger partial charge in [0.2, 0.25) is 5.91 Å². The van der Waals surface area contributed by atoms with Gasteiger partial charge in [-0.25, -0.2) is 0 Å². The Hall–Kier alpha value is -0.870. The first-order valence-electron chi connectivity index (χ1n) is 5.99. The molecule has 1 aromatic carbocycles. The van der Waals surface area contributed by atoms with Gasteiger partial charge in [-0.2, -0.15) is 0 Å². The summed E-state index contributed by atoms with van der Waals surface area (Å²) in [5.74, 6) is 0.105. The van der Waals surface area contributed by atoms with Crippen LogP contribution in [0, 0.1) is 0 Å². The summed E-state index contributed by atoms with van der Waals surface area (Å²) in [5, 5.41) is 3.08. The molecule has 17 heavy (non-hydrogen) atoms. The van der Waals surface area contributed by atoms with Crippen LogP contribution in [0.5, 0.6) is 0 Å². The van der Waals surface area contributed by atoms with E-state index >= 15 is 0 Å². The minimum atomic E-state index is 0.105. The zero-order valence-electron chi connectivity index (χ0n) is 9.71. The lowest BCUT2D eigenvalue weighted by Gasteiger charge is -2.14. The monoisotopic (exact) mass is 296 g/mol. The Bertz CT molecular complexity index is 420. The second-order valence-corrected chi connectivity index (χ2v) is 5.21. The Balaban J connectivity index is 2.02. The SMILES string of the molecule is NCCCC(=O)NC1CCc2c(Br)cccc21. The normalized spacial score (nSPS) is 17.9. The van der Waals surface area contributed by atoms with Crippen LogP contribution >= 0.6 is 15.9 Å². The number of benzene rings is 1. The number of nitrogens with one attached hydrogen (secondary N) is 1. The van der Waals surface area contributed by atoms with Gasteiger partial charge in [0.1, 0.15) is 0 Å². The Morgan fingerprint density at radius 3 is 3.12 bits per heavy atom. The van der Waals surface area contributed by atoms with Gasteiger partial charge in [0, 0.05) is 10.9 Å². The maximum absolute atomic E-state index is 11.7. The van der Waals surface area contributed by atoms with Crippen LogP contribution in [0.25, 0.3) is 0 Å². The quantitative estimate of drug-likeness (QED) is 0.896. The molecule has 1 aromatic rings. The highest BCUT2D eigenvalue weighted by Gasteiger charge is 2.24. The fourth-order valence-electron chi connectivity index (χ4n) is 2.29. The van der Waals surface area contributed by atoms with E-state index in [2.05, 4.69) is 33.4 Å². The van der Waals surface area contributed by atoms with Crippen molar-refractivity contribution in [3.63, 3.8) is 0 Å². The molecule has 0 spiro atoms. The first-order valence-corrected chi connectivity index (χ1v) is 6.78. The predicted octanol–water partition coefficient (Wildman–Crippen LogP) is 2.29. The van der Waals surface area contributed by atoms with Gasteiger partial charge in [-0.1, -0.05) is 28.1 Å². The minimum Gasteiger partial charge on any atom is -0.349 e. The second kappa shape index (κ2) is 5.65. The van der Waals surface area contributed by atoms with E-state index in [1.165, 1.54) is 11.1 Å². The Morgan fingerprint density at radius 2 is 2.35 bits per heavy atom. The summed E-state index contributed by atoms with van der Waals surface area (Å²) in [6, 6.07) is 6.35. The molecule has 0 saturated carbocycles. The molecule has 92 valence electrons. The molecule has 0 saturated heterocycles. The third kappa shape index (κ3) is 2.87. The Labute approximate surface area is 110 Å². The van der Waals surface area contributed by atoms with Gasteiger partial charge in [-0.15, -0.1) is 0 Å². The lowest BCUT2D eigenvalue weighted by molar-refractivity contribution is -0.121. The molecule has 3 nitrogen and oxygen atoms in total.